The van der Waals surface area contributed by atoms with Gasteiger partial charge in [-0.3, -0.25) is 4.90 Å². The van der Waals surface area contributed by atoms with E-state index < -0.39 is 0 Å². The van der Waals surface area contributed by atoms with E-state index in [1.165, 1.54) is 31.5 Å². The van der Waals surface area contributed by atoms with Gasteiger partial charge in [0, 0.05) is 12.6 Å². The van der Waals surface area contributed by atoms with Crippen LogP contribution in [0.3, 0.4) is 0 Å². The minimum Gasteiger partial charge on any atom is -0.393 e. The van der Waals surface area contributed by atoms with E-state index >= 15 is 0 Å². The fraction of sp³-hybridized carbons (Fsp3) is 0.688. The van der Waals surface area contributed by atoms with Crippen LogP contribution in [0.1, 0.15) is 44.1 Å². The van der Waals surface area contributed by atoms with Crippen LogP contribution in [0.25, 0.3) is 0 Å². The predicted molar refractivity (Wildman–Crippen MR) is 85.0 cm³/mol. The minimum absolute atomic E-state index is 0.123. The lowest BCUT2D eigenvalue weighted by Crippen LogP contribution is -2.28. The first-order valence-electron chi connectivity index (χ1n) is 8.12. The highest BCUT2D eigenvalue weighted by molar-refractivity contribution is 5.47. The fourth-order valence-electron chi connectivity index (χ4n) is 3.40. The van der Waals surface area contributed by atoms with Crippen molar-refractivity contribution in [1.82, 2.24) is 9.88 Å². The zero-order chi connectivity index (χ0) is 14.7. The first-order valence-corrected chi connectivity index (χ1v) is 8.12. The third-order valence-corrected chi connectivity index (χ3v) is 4.56. The van der Waals surface area contributed by atoms with Crippen LogP contribution >= 0.6 is 0 Å². The van der Waals surface area contributed by atoms with Crippen molar-refractivity contribution in [3.63, 3.8) is 0 Å². The zero-order valence-electron chi connectivity index (χ0n) is 12.6. The summed E-state index contributed by atoms with van der Waals surface area (Å²) in [6, 6.07) is 4.51. The number of nitrogen functional groups attached to an aromatic ring is 1. The Balaban J connectivity index is 1.63. The molecule has 0 amide bonds. The molecular formula is C16H26N4O. The van der Waals surface area contributed by atoms with Crippen LogP contribution in [-0.4, -0.2) is 40.2 Å². The molecule has 0 atom stereocenters. The molecule has 1 saturated carbocycles. The Morgan fingerprint density at radius 3 is 2.62 bits per heavy atom. The van der Waals surface area contributed by atoms with Gasteiger partial charge in [-0.15, -0.1) is 0 Å². The number of nitrogens with one attached hydrogen (secondary N) is 1. The summed E-state index contributed by atoms with van der Waals surface area (Å²) in [7, 11) is 0. The summed E-state index contributed by atoms with van der Waals surface area (Å²) in [4.78, 5) is 6.87. The molecule has 1 saturated heterocycles. The van der Waals surface area contributed by atoms with Gasteiger partial charge >= 0.3 is 0 Å². The standard InChI is InChI=1S/C16H26N4O/c17-15-9-12(11-20-7-1-2-8-20)10-16(19-15)18-13-3-5-14(21)6-4-13/h9-10,13-14,21H,1-8,11H2,(H3,17,18,19). The molecule has 1 aromatic heterocycles. The molecule has 5 nitrogen and oxygen atoms in total. The number of aliphatic hydroxyl groups is 1. The maximum Gasteiger partial charge on any atom is 0.128 e. The molecule has 0 bridgehead atoms. The Bertz CT molecular complexity index is 465. The Kier molecular flexibility index (Phi) is 4.60. The molecule has 4 N–H and O–H groups in total. The molecular weight excluding hydrogens is 264 g/mol. The number of nitrogens with two attached hydrogens (primary N) is 1. The number of pyridine rings is 1. The van der Waals surface area contributed by atoms with Gasteiger partial charge in [0.1, 0.15) is 11.6 Å². The fourth-order valence-corrected chi connectivity index (χ4v) is 3.40. The molecule has 5 heteroatoms. The summed E-state index contributed by atoms with van der Waals surface area (Å²) >= 11 is 0. The summed E-state index contributed by atoms with van der Waals surface area (Å²) in [5, 5.41) is 13.1. The van der Waals surface area contributed by atoms with Gasteiger partial charge < -0.3 is 16.2 Å². The highest BCUT2D eigenvalue weighted by atomic mass is 16.3. The van der Waals surface area contributed by atoms with Gasteiger partial charge in [0.25, 0.3) is 0 Å². The lowest BCUT2D eigenvalue weighted by Gasteiger charge is -2.27. The molecule has 21 heavy (non-hydrogen) atoms. The van der Waals surface area contributed by atoms with Crippen LogP contribution in [0.15, 0.2) is 12.1 Å². The van der Waals surface area contributed by atoms with Gasteiger partial charge in [-0.05, 0) is 69.3 Å². The van der Waals surface area contributed by atoms with E-state index in [0.29, 0.717) is 11.9 Å². The van der Waals surface area contributed by atoms with Crippen LogP contribution < -0.4 is 11.1 Å². The molecule has 2 aliphatic rings. The first-order chi connectivity index (χ1) is 10.2. The number of rotatable bonds is 4. The van der Waals surface area contributed by atoms with E-state index in [4.69, 9.17) is 5.73 Å². The predicted octanol–water partition coefficient (Wildman–Crippen LogP) is 1.97. The second-order valence-corrected chi connectivity index (χ2v) is 6.42. The molecule has 0 unspecified atom stereocenters. The number of nitrogens with zero attached hydrogens (tertiary/aromatic N) is 2. The summed E-state index contributed by atoms with van der Waals surface area (Å²) in [5.74, 6) is 1.47. The summed E-state index contributed by atoms with van der Waals surface area (Å²) in [5.41, 5.74) is 7.19. The summed E-state index contributed by atoms with van der Waals surface area (Å²) < 4.78 is 0. The van der Waals surface area contributed by atoms with Crippen molar-refractivity contribution in [3.05, 3.63) is 17.7 Å². The van der Waals surface area contributed by atoms with Gasteiger partial charge in [-0.1, -0.05) is 0 Å². The SMILES string of the molecule is Nc1cc(CN2CCCC2)cc(NC2CCC(O)CC2)n1. The van der Waals surface area contributed by atoms with E-state index in [0.717, 1.165) is 38.0 Å². The quantitative estimate of drug-likeness (QED) is 0.790. The largest absolute Gasteiger partial charge is 0.393 e. The summed E-state index contributed by atoms with van der Waals surface area (Å²) in [6.07, 6.45) is 6.23. The van der Waals surface area contributed by atoms with Gasteiger partial charge in [-0.25, -0.2) is 4.98 Å². The number of anilines is 2. The second kappa shape index (κ2) is 6.62. The molecule has 2 fully saturated rings. The van der Waals surface area contributed by atoms with Gasteiger partial charge in [0.05, 0.1) is 6.10 Å². The Hall–Kier alpha value is -1.33. The first kappa shape index (κ1) is 14.6. The Morgan fingerprint density at radius 1 is 1.19 bits per heavy atom. The molecule has 116 valence electrons. The minimum atomic E-state index is -0.123. The lowest BCUT2D eigenvalue weighted by molar-refractivity contribution is 0.126. The molecule has 0 aromatic carbocycles. The van der Waals surface area contributed by atoms with Crippen molar-refractivity contribution in [2.45, 2.75) is 57.2 Å². The number of hydrogen-bond acceptors (Lipinski definition) is 5. The van der Waals surface area contributed by atoms with E-state index in [1.54, 1.807) is 0 Å². The van der Waals surface area contributed by atoms with Crippen LogP contribution in [0.5, 0.6) is 0 Å². The molecule has 1 aromatic rings. The average Bonchev–Trinajstić information content (AvgIpc) is 2.93. The van der Waals surface area contributed by atoms with Gasteiger partial charge in [0.2, 0.25) is 0 Å². The van der Waals surface area contributed by atoms with Crippen molar-refractivity contribution in [3.8, 4) is 0 Å². The van der Waals surface area contributed by atoms with Gasteiger partial charge in [0.15, 0.2) is 0 Å². The third kappa shape index (κ3) is 4.08. The normalized spacial score (nSPS) is 26.9. The lowest BCUT2D eigenvalue weighted by atomic mass is 9.93. The topological polar surface area (TPSA) is 74.4 Å². The monoisotopic (exact) mass is 290 g/mol. The van der Waals surface area contributed by atoms with Crippen LogP contribution in [0, 0.1) is 0 Å². The second-order valence-electron chi connectivity index (χ2n) is 6.42. The highest BCUT2D eigenvalue weighted by Crippen LogP contribution is 2.23. The maximum atomic E-state index is 9.57. The average molecular weight is 290 g/mol. The van der Waals surface area contributed by atoms with Crippen LogP contribution in [0.2, 0.25) is 0 Å². The number of aliphatic hydroxyl groups excluding tert-OH is 1. The highest BCUT2D eigenvalue weighted by Gasteiger charge is 2.20. The number of likely N-dealkylation sites (tertiary alicyclic amines) is 1. The van der Waals surface area contributed by atoms with E-state index in [-0.39, 0.29) is 6.10 Å². The Labute approximate surface area is 126 Å². The smallest absolute Gasteiger partial charge is 0.128 e. The van der Waals surface area contributed by atoms with Gasteiger partial charge in [-0.2, -0.15) is 0 Å². The van der Waals surface area contributed by atoms with E-state index in [2.05, 4.69) is 21.3 Å². The molecule has 0 radical (unpaired) electrons. The van der Waals surface area contributed by atoms with Crippen molar-refractivity contribution >= 4 is 11.6 Å². The van der Waals surface area contributed by atoms with Crippen molar-refractivity contribution in [1.29, 1.82) is 0 Å². The van der Waals surface area contributed by atoms with E-state index in [1.807, 2.05) is 6.07 Å². The zero-order valence-corrected chi connectivity index (χ0v) is 12.6. The number of hydrogen-bond donors (Lipinski definition) is 3. The summed E-state index contributed by atoms with van der Waals surface area (Å²) in [6.45, 7) is 3.34. The third-order valence-electron chi connectivity index (χ3n) is 4.56. The van der Waals surface area contributed by atoms with Crippen LogP contribution in [-0.2, 0) is 6.54 Å². The maximum absolute atomic E-state index is 9.57. The molecule has 3 rings (SSSR count). The Morgan fingerprint density at radius 2 is 1.90 bits per heavy atom. The molecule has 1 aliphatic carbocycles. The van der Waals surface area contributed by atoms with Crippen molar-refractivity contribution < 1.29 is 5.11 Å². The molecule has 2 heterocycles. The van der Waals surface area contributed by atoms with Crippen molar-refractivity contribution in [2.75, 3.05) is 24.1 Å². The van der Waals surface area contributed by atoms with Crippen LogP contribution in [0.4, 0.5) is 11.6 Å². The number of aromatic nitrogens is 1. The van der Waals surface area contributed by atoms with Crippen molar-refractivity contribution in [2.24, 2.45) is 0 Å². The molecule has 0 spiro atoms. The molecule has 1 aliphatic heterocycles. The van der Waals surface area contributed by atoms with E-state index in [9.17, 15) is 5.11 Å².